The van der Waals surface area contributed by atoms with Gasteiger partial charge in [-0.3, -0.25) is 9.80 Å². The minimum atomic E-state index is -4.45. The van der Waals surface area contributed by atoms with E-state index < -0.39 is 17.8 Å². The van der Waals surface area contributed by atoms with Crippen LogP contribution in [0.1, 0.15) is 24.2 Å². The fourth-order valence-corrected chi connectivity index (χ4v) is 3.17. The van der Waals surface area contributed by atoms with Gasteiger partial charge in [-0.25, -0.2) is 0 Å². The summed E-state index contributed by atoms with van der Waals surface area (Å²) < 4.78 is 44.3. The fraction of sp³-hybridized carbons (Fsp3) is 0.647. The van der Waals surface area contributed by atoms with Crippen LogP contribution in [0.15, 0.2) is 24.3 Å². The number of aliphatic hydroxyl groups excluding tert-OH is 1. The highest BCUT2D eigenvalue weighted by molar-refractivity contribution is 5.31. The molecular weight excluding hydrogens is 321 g/mol. The summed E-state index contributed by atoms with van der Waals surface area (Å²) >= 11 is 0. The highest BCUT2D eigenvalue weighted by Crippen LogP contribution is 2.34. The number of aliphatic hydroxyl groups is 1. The van der Waals surface area contributed by atoms with Crippen LogP contribution in [0.4, 0.5) is 13.2 Å². The number of piperazine rings is 1. The van der Waals surface area contributed by atoms with E-state index in [2.05, 4.69) is 11.8 Å². The lowest BCUT2D eigenvalue weighted by Crippen LogP contribution is -2.53. The van der Waals surface area contributed by atoms with Crippen molar-refractivity contribution in [2.75, 3.05) is 46.4 Å². The fourth-order valence-electron chi connectivity index (χ4n) is 3.17. The van der Waals surface area contributed by atoms with Crippen molar-refractivity contribution in [2.45, 2.75) is 25.2 Å². The molecular formula is C17H25F3N2O2. The Morgan fingerprint density at radius 3 is 2.62 bits per heavy atom. The maximum absolute atomic E-state index is 13.1. The molecule has 1 aromatic carbocycles. The molecule has 1 aliphatic rings. The predicted octanol–water partition coefficient (Wildman–Crippen LogP) is 2.39. The van der Waals surface area contributed by atoms with Gasteiger partial charge in [-0.15, -0.1) is 0 Å². The Morgan fingerprint density at radius 1 is 1.29 bits per heavy atom. The molecule has 4 nitrogen and oxygen atoms in total. The smallest absolute Gasteiger partial charge is 0.387 e. The monoisotopic (exact) mass is 346 g/mol. The number of ether oxygens (including phenoxy) is 1. The van der Waals surface area contributed by atoms with E-state index in [9.17, 15) is 18.3 Å². The second kappa shape index (κ2) is 8.29. The molecule has 0 aromatic heterocycles. The number of halogens is 3. The first kappa shape index (κ1) is 19.2. The Bertz CT molecular complexity index is 525. The standard InChI is InChI=1S/C17H25F3N2O2/c1-13-11-21(7-8-22(13)9-10-24-2)12-16(23)14-5-3-4-6-15(14)17(18,19)20/h3-6,13,16,23H,7-12H2,1-2H3. The molecule has 1 aromatic rings. The Kier molecular flexibility index (Phi) is 6.62. The average molecular weight is 346 g/mol. The van der Waals surface area contributed by atoms with Crippen molar-refractivity contribution >= 4 is 0 Å². The quantitative estimate of drug-likeness (QED) is 0.858. The van der Waals surface area contributed by atoms with E-state index in [0.29, 0.717) is 6.61 Å². The summed E-state index contributed by atoms with van der Waals surface area (Å²) in [6.45, 7) is 6.04. The summed E-state index contributed by atoms with van der Waals surface area (Å²) in [6.07, 6.45) is -5.61. The first-order valence-corrected chi connectivity index (χ1v) is 8.12. The zero-order valence-corrected chi connectivity index (χ0v) is 14.1. The number of rotatable bonds is 6. The third kappa shape index (κ3) is 4.92. The van der Waals surface area contributed by atoms with Crippen LogP contribution in [-0.2, 0) is 10.9 Å². The van der Waals surface area contributed by atoms with Gasteiger partial charge in [0.05, 0.1) is 18.3 Å². The summed E-state index contributed by atoms with van der Waals surface area (Å²) in [7, 11) is 1.66. The summed E-state index contributed by atoms with van der Waals surface area (Å²) in [6, 6.07) is 5.52. The Morgan fingerprint density at radius 2 is 2.00 bits per heavy atom. The van der Waals surface area contributed by atoms with Gasteiger partial charge in [0.2, 0.25) is 0 Å². The summed E-state index contributed by atoms with van der Waals surface area (Å²) in [4.78, 5) is 4.31. The van der Waals surface area contributed by atoms with Crippen LogP contribution >= 0.6 is 0 Å². The third-order valence-corrected chi connectivity index (χ3v) is 4.49. The Balaban J connectivity index is 1.98. The number of alkyl halides is 3. The molecule has 0 spiro atoms. The number of nitrogens with zero attached hydrogens (tertiary/aromatic N) is 2. The van der Waals surface area contributed by atoms with Crippen LogP contribution in [0.2, 0.25) is 0 Å². The number of methoxy groups -OCH3 is 1. The third-order valence-electron chi connectivity index (χ3n) is 4.49. The molecule has 0 bridgehead atoms. The molecule has 0 amide bonds. The number of benzene rings is 1. The van der Waals surface area contributed by atoms with Crippen LogP contribution in [0.25, 0.3) is 0 Å². The molecule has 7 heteroatoms. The van der Waals surface area contributed by atoms with Crippen molar-refractivity contribution in [1.82, 2.24) is 9.80 Å². The Labute approximate surface area is 140 Å². The normalized spacial score (nSPS) is 21.8. The van der Waals surface area contributed by atoms with E-state index in [1.807, 2.05) is 4.90 Å². The molecule has 1 saturated heterocycles. The lowest BCUT2D eigenvalue weighted by Gasteiger charge is -2.40. The second-order valence-electron chi connectivity index (χ2n) is 6.24. The summed E-state index contributed by atoms with van der Waals surface area (Å²) in [5, 5.41) is 10.3. The van der Waals surface area contributed by atoms with Crippen molar-refractivity contribution in [3.05, 3.63) is 35.4 Å². The molecule has 1 aliphatic heterocycles. The molecule has 1 heterocycles. The first-order chi connectivity index (χ1) is 11.3. The van der Waals surface area contributed by atoms with E-state index in [-0.39, 0.29) is 18.2 Å². The van der Waals surface area contributed by atoms with Gasteiger partial charge in [-0.05, 0) is 18.6 Å². The highest BCUT2D eigenvalue weighted by Gasteiger charge is 2.35. The zero-order chi connectivity index (χ0) is 17.7. The van der Waals surface area contributed by atoms with Gasteiger partial charge in [0.15, 0.2) is 0 Å². The van der Waals surface area contributed by atoms with Crippen molar-refractivity contribution in [3.8, 4) is 0 Å². The van der Waals surface area contributed by atoms with E-state index >= 15 is 0 Å². The molecule has 136 valence electrons. The molecule has 1 fully saturated rings. The molecule has 0 radical (unpaired) electrons. The van der Waals surface area contributed by atoms with E-state index in [1.54, 1.807) is 7.11 Å². The zero-order valence-electron chi connectivity index (χ0n) is 14.1. The minimum absolute atomic E-state index is 0.0561. The first-order valence-electron chi connectivity index (χ1n) is 8.12. The molecule has 24 heavy (non-hydrogen) atoms. The van der Waals surface area contributed by atoms with Gasteiger partial charge in [-0.2, -0.15) is 13.2 Å². The van der Waals surface area contributed by atoms with Crippen molar-refractivity contribution in [1.29, 1.82) is 0 Å². The van der Waals surface area contributed by atoms with Gasteiger partial charge >= 0.3 is 6.18 Å². The molecule has 2 rings (SSSR count). The molecule has 2 atom stereocenters. The topological polar surface area (TPSA) is 35.9 Å². The van der Waals surface area contributed by atoms with Crippen LogP contribution in [0.5, 0.6) is 0 Å². The molecule has 0 aliphatic carbocycles. The number of β-amino-alcohol motifs (C(OH)–C–C–N with tert-alkyl or cyclic N) is 1. The maximum atomic E-state index is 13.1. The molecule has 2 unspecified atom stereocenters. The van der Waals surface area contributed by atoms with E-state index in [4.69, 9.17) is 4.74 Å². The summed E-state index contributed by atoms with van der Waals surface area (Å²) in [5.41, 5.74) is -0.816. The van der Waals surface area contributed by atoms with E-state index in [1.165, 1.54) is 18.2 Å². The van der Waals surface area contributed by atoms with Crippen molar-refractivity contribution in [3.63, 3.8) is 0 Å². The van der Waals surface area contributed by atoms with Crippen LogP contribution in [0.3, 0.4) is 0 Å². The minimum Gasteiger partial charge on any atom is -0.387 e. The maximum Gasteiger partial charge on any atom is 0.416 e. The average Bonchev–Trinajstić information content (AvgIpc) is 2.53. The summed E-state index contributed by atoms with van der Waals surface area (Å²) in [5.74, 6) is 0. The number of hydrogen-bond donors (Lipinski definition) is 1. The van der Waals surface area contributed by atoms with Crippen molar-refractivity contribution in [2.24, 2.45) is 0 Å². The van der Waals surface area contributed by atoms with Gasteiger partial charge in [-0.1, -0.05) is 18.2 Å². The largest absolute Gasteiger partial charge is 0.416 e. The van der Waals surface area contributed by atoms with Crippen LogP contribution < -0.4 is 0 Å². The van der Waals surface area contributed by atoms with Crippen LogP contribution in [0, 0.1) is 0 Å². The predicted molar refractivity (Wildman–Crippen MR) is 85.8 cm³/mol. The molecule has 0 saturated carbocycles. The SMILES string of the molecule is COCCN1CCN(CC(O)c2ccccc2C(F)(F)F)CC1C. The van der Waals surface area contributed by atoms with Gasteiger partial charge < -0.3 is 9.84 Å². The van der Waals surface area contributed by atoms with Crippen molar-refractivity contribution < 1.29 is 23.0 Å². The van der Waals surface area contributed by atoms with E-state index in [0.717, 1.165) is 32.2 Å². The lowest BCUT2D eigenvalue weighted by atomic mass is 10.0. The number of hydrogen-bond acceptors (Lipinski definition) is 4. The molecule has 1 N–H and O–H groups in total. The van der Waals surface area contributed by atoms with Gasteiger partial charge in [0.1, 0.15) is 0 Å². The highest BCUT2D eigenvalue weighted by atomic mass is 19.4. The van der Waals surface area contributed by atoms with Crippen LogP contribution in [-0.4, -0.2) is 67.4 Å². The van der Waals surface area contributed by atoms with Gasteiger partial charge in [0, 0.05) is 45.9 Å². The Hall–Kier alpha value is -1.15. The lowest BCUT2D eigenvalue weighted by molar-refractivity contribution is -0.139. The van der Waals surface area contributed by atoms with Gasteiger partial charge in [0.25, 0.3) is 0 Å². The second-order valence-corrected chi connectivity index (χ2v) is 6.24.